The molecule has 33 heavy (non-hydrogen) atoms. The molecule has 0 radical (unpaired) electrons. The van der Waals surface area contributed by atoms with Crippen LogP contribution in [0.4, 0.5) is 4.79 Å². The molecule has 2 aliphatic carbocycles. The van der Waals surface area contributed by atoms with Gasteiger partial charge in [-0.15, -0.1) is 0 Å². The summed E-state index contributed by atoms with van der Waals surface area (Å²) in [7, 11) is 0. The Labute approximate surface area is 196 Å². The van der Waals surface area contributed by atoms with Crippen LogP contribution in [0.5, 0.6) is 0 Å². The van der Waals surface area contributed by atoms with Gasteiger partial charge in [-0.2, -0.15) is 0 Å². The molecule has 2 fully saturated rings. The summed E-state index contributed by atoms with van der Waals surface area (Å²) >= 11 is 0. The van der Waals surface area contributed by atoms with E-state index < -0.39 is 24.1 Å². The topological polar surface area (TPSA) is 134 Å². The fourth-order valence-electron chi connectivity index (χ4n) is 4.80. The highest BCUT2D eigenvalue weighted by Crippen LogP contribution is 2.40. The van der Waals surface area contributed by atoms with Crippen molar-refractivity contribution in [2.45, 2.75) is 88.3 Å². The molecule has 8 heteroatoms. The molecule has 6 N–H and O–H groups in total. The Bertz CT molecular complexity index is 782. The molecular weight excluding hydrogens is 420 g/mol. The van der Waals surface area contributed by atoms with Gasteiger partial charge in [0.1, 0.15) is 12.1 Å². The molecule has 3 rings (SSSR count). The third kappa shape index (κ3) is 8.03. The zero-order valence-electron chi connectivity index (χ0n) is 19.3. The maximum Gasteiger partial charge on any atom is 0.326 e. The van der Waals surface area contributed by atoms with E-state index in [2.05, 4.69) is 28.1 Å². The molecule has 0 aromatic heterocycles. The highest BCUT2D eigenvalue weighted by atomic mass is 16.4. The number of nitrogens with one attached hydrogen (secondary N) is 3. The van der Waals surface area contributed by atoms with Gasteiger partial charge in [0.2, 0.25) is 5.91 Å². The SMILES string of the molecule is NCCCC[C@H](NC(=O)N[C@H](CC1CCCCC1)C(=O)N[C@@H]1C[C@@H]1c1ccccc1)C(=O)O. The summed E-state index contributed by atoms with van der Waals surface area (Å²) < 4.78 is 0. The van der Waals surface area contributed by atoms with Gasteiger partial charge in [-0.3, -0.25) is 4.79 Å². The number of carboxylic acid groups (broad SMARTS) is 1. The summed E-state index contributed by atoms with van der Waals surface area (Å²) in [6.45, 7) is 0.479. The number of carboxylic acids is 1. The number of nitrogens with two attached hydrogens (primary N) is 1. The van der Waals surface area contributed by atoms with Crippen LogP contribution in [0, 0.1) is 5.92 Å². The average Bonchev–Trinajstić information content (AvgIpc) is 3.58. The monoisotopic (exact) mass is 458 g/mol. The zero-order chi connectivity index (χ0) is 23.6. The summed E-state index contributed by atoms with van der Waals surface area (Å²) in [6, 6.07) is 7.89. The Morgan fingerprint density at radius 1 is 1.00 bits per heavy atom. The largest absolute Gasteiger partial charge is 0.480 e. The van der Waals surface area contributed by atoms with Gasteiger partial charge < -0.3 is 26.8 Å². The summed E-state index contributed by atoms with van der Waals surface area (Å²) in [5.74, 6) is -0.578. The van der Waals surface area contributed by atoms with Crippen molar-refractivity contribution in [3.8, 4) is 0 Å². The number of urea groups is 1. The van der Waals surface area contributed by atoms with Crippen LogP contribution in [0.15, 0.2) is 30.3 Å². The molecule has 182 valence electrons. The van der Waals surface area contributed by atoms with Crippen molar-refractivity contribution in [3.63, 3.8) is 0 Å². The molecule has 1 aromatic rings. The van der Waals surface area contributed by atoms with Crippen LogP contribution in [0.2, 0.25) is 0 Å². The third-order valence-electron chi connectivity index (χ3n) is 6.81. The molecule has 2 aliphatic rings. The van der Waals surface area contributed by atoms with E-state index in [1.165, 1.54) is 12.0 Å². The van der Waals surface area contributed by atoms with E-state index in [4.69, 9.17) is 5.73 Å². The first kappa shape index (κ1) is 25.0. The lowest BCUT2D eigenvalue weighted by Crippen LogP contribution is -2.54. The second kappa shape index (κ2) is 12.6. The second-order valence-corrected chi connectivity index (χ2v) is 9.45. The summed E-state index contributed by atoms with van der Waals surface area (Å²) in [4.78, 5) is 37.3. The smallest absolute Gasteiger partial charge is 0.326 e. The summed E-state index contributed by atoms with van der Waals surface area (Å²) in [5.41, 5.74) is 6.69. The zero-order valence-corrected chi connectivity index (χ0v) is 19.3. The molecule has 0 spiro atoms. The molecule has 2 saturated carbocycles. The Morgan fingerprint density at radius 3 is 2.36 bits per heavy atom. The minimum absolute atomic E-state index is 0.0710. The number of rotatable bonds is 12. The highest BCUT2D eigenvalue weighted by molar-refractivity contribution is 5.89. The van der Waals surface area contributed by atoms with Crippen LogP contribution >= 0.6 is 0 Å². The number of carbonyl (C=O) groups excluding carboxylic acids is 2. The normalized spacial score (nSPS) is 22.1. The number of hydrogen-bond acceptors (Lipinski definition) is 4. The van der Waals surface area contributed by atoms with Crippen LogP contribution < -0.4 is 21.7 Å². The van der Waals surface area contributed by atoms with Gasteiger partial charge in [0.25, 0.3) is 0 Å². The Balaban J connectivity index is 1.57. The van der Waals surface area contributed by atoms with Gasteiger partial charge in [-0.25, -0.2) is 9.59 Å². The number of benzene rings is 1. The maximum atomic E-state index is 13.1. The van der Waals surface area contributed by atoms with Crippen molar-refractivity contribution >= 4 is 17.9 Å². The van der Waals surface area contributed by atoms with Crippen molar-refractivity contribution in [2.75, 3.05) is 6.54 Å². The van der Waals surface area contributed by atoms with E-state index in [1.807, 2.05) is 18.2 Å². The van der Waals surface area contributed by atoms with E-state index in [0.717, 1.165) is 32.1 Å². The maximum absolute atomic E-state index is 13.1. The van der Waals surface area contributed by atoms with E-state index in [9.17, 15) is 19.5 Å². The standard InChI is InChI=1S/C25H38N4O4/c26-14-8-7-13-20(24(31)32)28-25(33)29-22(15-17-9-3-1-4-10-17)23(30)27-21-16-19(21)18-11-5-2-6-12-18/h2,5-6,11-12,17,19-22H,1,3-4,7-10,13-16,26H2,(H,27,30)(H,31,32)(H2,28,29,33)/t19-,20+,21-,22-/m1/s1. The first-order valence-corrected chi connectivity index (χ1v) is 12.3. The molecular formula is C25H38N4O4. The van der Waals surface area contributed by atoms with E-state index >= 15 is 0 Å². The van der Waals surface area contributed by atoms with E-state index in [1.54, 1.807) is 0 Å². The third-order valence-corrected chi connectivity index (χ3v) is 6.81. The van der Waals surface area contributed by atoms with Gasteiger partial charge in [0.15, 0.2) is 0 Å². The predicted molar refractivity (Wildman–Crippen MR) is 127 cm³/mol. The fourth-order valence-corrected chi connectivity index (χ4v) is 4.80. The minimum Gasteiger partial charge on any atom is -0.480 e. The van der Waals surface area contributed by atoms with Crippen LogP contribution in [0.25, 0.3) is 0 Å². The molecule has 0 aliphatic heterocycles. The highest BCUT2D eigenvalue weighted by Gasteiger charge is 2.41. The molecule has 4 atom stereocenters. The van der Waals surface area contributed by atoms with Crippen LogP contribution in [0.3, 0.4) is 0 Å². The molecule has 0 heterocycles. The van der Waals surface area contributed by atoms with Gasteiger partial charge in [0, 0.05) is 12.0 Å². The lowest BCUT2D eigenvalue weighted by molar-refractivity contribution is -0.139. The van der Waals surface area contributed by atoms with Crippen molar-refractivity contribution < 1.29 is 19.5 Å². The molecule has 0 unspecified atom stereocenters. The van der Waals surface area contributed by atoms with E-state index in [0.29, 0.717) is 44.1 Å². The van der Waals surface area contributed by atoms with Crippen LogP contribution in [0.1, 0.15) is 75.7 Å². The average molecular weight is 459 g/mol. The van der Waals surface area contributed by atoms with Crippen LogP contribution in [-0.4, -0.2) is 47.7 Å². The molecule has 8 nitrogen and oxygen atoms in total. The number of aliphatic carboxylic acids is 1. The van der Waals surface area contributed by atoms with Crippen molar-refractivity contribution in [1.82, 2.24) is 16.0 Å². The minimum atomic E-state index is -1.08. The molecule has 1 aromatic carbocycles. The van der Waals surface area contributed by atoms with Crippen molar-refractivity contribution in [1.29, 1.82) is 0 Å². The Hall–Kier alpha value is -2.61. The molecule has 3 amide bonds. The summed E-state index contributed by atoms with van der Waals surface area (Å²) in [5, 5.41) is 17.8. The lowest BCUT2D eigenvalue weighted by Gasteiger charge is -2.27. The Kier molecular flexibility index (Phi) is 9.54. The predicted octanol–water partition coefficient (Wildman–Crippen LogP) is 2.88. The quantitative estimate of drug-likeness (QED) is 0.307. The second-order valence-electron chi connectivity index (χ2n) is 9.45. The lowest BCUT2D eigenvalue weighted by atomic mass is 9.84. The number of hydrogen-bond donors (Lipinski definition) is 5. The first-order chi connectivity index (χ1) is 16.0. The fraction of sp³-hybridized carbons (Fsp3) is 0.640. The number of unbranched alkanes of at least 4 members (excludes halogenated alkanes) is 1. The van der Waals surface area contributed by atoms with Gasteiger partial charge >= 0.3 is 12.0 Å². The molecule has 0 saturated heterocycles. The van der Waals surface area contributed by atoms with E-state index in [-0.39, 0.29) is 11.9 Å². The van der Waals surface area contributed by atoms with Gasteiger partial charge in [-0.1, -0.05) is 62.4 Å². The first-order valence-electron chi connectivity index (χ1n) is 12.3. The summed E-state index contributed by atoms with van der Waals surface area (Å²) in [6.07, 6.45) is 8.70. The van der Waals surface area contributed by atoms with Crippen molar-refractivity contribution in [2.24, 2.45) is 11.7 Å². The van der Waals surface area contributed by atoms with Gasteiger partial charge in [-0.05, 0) is 50.1 Å². The van der Waals surface area contributed by atoms with Gasteiger partial charge in [0.05, 0.1) is 0 Å². The van der Waals surface area contributed by atoms with Crippen molar-refractivity contribution in [3.05, 3.63) is 35.9 Å². The number of carbonyl (C=O) groups is 3. The van der Waals surface area contributed by atoms with Crippen LogP contribution in [-0.2, 0) is 9.59 Å². The number of amides is 3. The Morgan fingerprint density at radius 2 is 1.70 bits per heavy atom. The molecule has 0 bridgehead atoms.